The van der Waals surface area contributed by atoms with Crippen molar-refractivity contribution in [2.24, 2.45) is 5.73 Å². The summed E-state index contributed by atoms with van der Waals surface area (Å²) in [5.74, 6) is -0.419. The Labute approximate surface area is 115 Å². The molecule has 0 saturated heterocycles. The molecule has 0 amide bonds. The second kappa shape index (κ2) is 5.21. The van der Waals surface area contributed by atoms with Crippen LogP contribution >= 0.6 is 0 Å². The molecule has 0 aromatic heterocycles. The first kappa shape index (κ1) is 15.5. The molecule has 0 saturated carbocycles. The first-order valence-corrected chi connectivity index (χ1v) is 6.34. The predicted molar refractivity (Wildman–Crippen MR) is 78.2 cm³/mol. The Morgan fingerprint density at radius 3 is 1.95 bits per heavy atom. The lowest BCUT2D eigenvalue weighted by molar-refractivity contribution is -0.161. The number of benzene rings is 1. The Bertz CT molecular complexity index is 442. The van der Waals surface area contributed by atoms with E-state index in [0.29, 0.717) is 0 Å². The van der Waals surface area contributed by atoms with Crippen molar-refractivity contribution in [3.05, 3.63) is 29.8 Å². The summed E-state index contributed by atoms with van der Waals surface area (Å²) in [6.07, 6.45) is 0. The Morgan fingerprint density at radius 2 is 1.58 bits per heavy atom. The maximum Gasteiger partial charge on any atom is 0.331 e. The fraction of sp³-hybridized carbons (Fsp3) is 0.533. The lowest BCUT2D eigenvalue weighted by atomic mass is 9.93. The van der Waals surface area contributed by atoms with Crippen molar-refractivity contribution < 1.29 is 9.53 Å². The van der Waals surface area contributed by atoms with E-state index in [1.165, 1.54) is 0 Å². The monoisotopic (exact) mass is 264 g/mol. The van der Waals surface area contributed by atoms with E-state index >= 15 is 0 Å². The van der Waals surface area contributed by atoms with E-state index in [1.807, 2.05) is 64.0 Å². The minimum Gasteiger partial charge on any atom is -0.458 e. The van der Waals surface area contributed by atoms with Crippen molar-refractivity contribution in [2.45, 2.75) is 38.8 Å². The lowest BCUT2D eigenvalue weighted by Gasteiger charge is -2.29. The summed E-state index contributed by atoms with van der Waals surface area (Å²) in [6.45, 7) is 7.16. The van der Waals surface area contributed by atoms with E-state index in [9.17, 15) is 4.79 Å². The molecule has 0 bridgehead atoms. The van der Waals surface area contributed by atoms with E-state index in [1.54, 1.807) is 6.92 Å². The number of nitrogens with two attached hydrogens (primary N) is 1. The van der Waals surface area contributed by atoms with E-state index in [2.05, 4.69) is 0 Å². The molecule has 0 spiro atoms. The third-order valence-corrected chi connectivity index (χ3v) is 2.81. The van der Waals surface area contributed by atoms with Crippen LogP contribution < -0.4 is 10.6 Å². The molecule has 4 heteroatoms. The number of esters is 1. The second-order valence-electron chi connectivity index (χ2n) is 6.15. The SMILES string of the molecule is CN(C)c1ccc([C@@](C)(N)C(=O)OC(C)(C)C)cc1. The van der Waals surface area contributed by atoms with Crippen LogP contribution in [0.4, 0.5) is 5.69 Å². The fourth-order valence-electron chi connectivity index (χ4n) is 1.61. The molecule has 106 valence electrons. The molecule has 2 N–H and O–H groups in total. The number of hydrogen-bond acceptors (Lipinski definition) is 4. The van der Waals surface area contributed by atoms with Crippen LogP contribution in [0.15, 0.2) is 24.3 Å². The van der Waals surface area contributed by atoms with E-state index in [4.69, 9.17) is 10.5 Å². The molecule has 0 aliphatic heterocycles. The maximum absolute atomic E-state index is 12.1. The summed E-state index contributed by atoms with van der Waals surface area (Å²) in [6, 6.07) is 7.59. The Kier molecular flexibility index (Phi) is 4.25. The van der Waals surface area contributed by atoms with Crippen LogP contribution in [0.25, 0.3) is 0 Å². The highest BCUT2D eigenvalue weighted by atomic mass is 16.6. The minimum absolute atomic E-state index is 0.419. The fourth-order valence-corrected chi connectivity index (χ4v) is 1.61. The molecule has 1 aromatic rings. The quantitative estimate of drug-likeness (QED) is 0.851. The van der Waals surface area contributed by atoms with Crippen molar-refractivity contribution in [1.29, 1.82) is 0 Å². The summed E-state index contributed by atoms with van der Waals surface area (Å²) in [5, 5.41) is 0. The number of anilines is 1. The average molecular weight is 264 g/mol. The number of ether oxygens (including phenoxy) is 1. The summed E-state index contributed by atoms with van der Waals surface area (Å²) in [7, 11) is 3.93. The van der Waals surface area contributed by atoms with Gasteiger partial charge in [0.1, 0.15) is 11.1 Å². The molecule has 1 aromatic carbocycles. The molecule has 4 nitrogen and oxygen atoms in total. The molecule has 0 aliphatic carbocycles. The third-order valence-electron chi connectivity index (χ3n) is 2.81. The zero-order chi connectivity index (χ0) is 14.8. The highest BCUT2D eigenvalue weighted by Gasteiger charge is 2.34. The van der Waals surface area contributed by atoms with Crippen LogP contribution in [0.3, 0.4) is 0 Å². The highest BCUT2D eigenvalue weighted by molar-refractivity contribution is 5.82. The molecular weight excluding hydrogens is 240 g/mol. The summed E-state index contributed by atoms with van der Waals surface area (Å²) >= 11 is 0. The standard InChI is InChI=1S/C15H24N2O2/c1-14(2,3)19-13(18)15(4,16)11-7-9-12(10-8-11)17(5)6/h7-10H,16H2,1-6H3/t15-/m1/s1. The van der Waals surface area contributed by atoms with Gasteiger partial charge in [0.05, 0.1) is 0 Å². The summed E-state index contributed by atoms with van der Waals surface area (Å²) < 4.78 is 5.36. The molecule has 1 atom stereocenters. The normalized spacial score (nSPS) is 14.7. The molecule has 0 unspecified atom stereocenters. The van der Waals surface area contributed by atoms with Crippen LogP contribution in [0.5, 0.6) is 0 Å². The van der Waals surface area contributed by atoms with Crippen molar-refractivity contribution >= 4 is 11.7 Å². The van der Waals surface area contributed by atoms with Gasteiger partial charge < -0.3 is 15.4 Å². The molecular formula is C15H24N2O2. The van der Waals surface area contributed by atoms with Crippen LogP contribution in [-0.4, -0.2) is 25.7 Å². The van der Waals surface area contributed by atoms with Gasteiger partial charge in [-0.3, -0.25) is 0 Å². The van der Waals surface area contributed by atoms with Gasteiger partial charge in [-0.2, -0.15) is 0 Å². The summed E-state index contributed by atoms with van der Waals surface area (Å²) in [5.41, 5.74) is 6.25. The summed E-state index contributed by atoms with van der Waals surface area (Å²) in [4.78, 5) is 14.1. The first-order chi connectivity index (χ1) is 8.54. The van der Waals surface area contributed by atoms with E-state index in [0.717, 1.165) is 11.3 Å². The van der Waals surface area contributed by atoms with Crippen molar-refractivity contribution in [3.8, 4) is 0 Å². The van der Waals surface area contributed by atoms with Crippen molar-refractivity contribution in [3.63, 3.8) is 0 Å². The minimum atomic E-state index is -1.14. The van der Waals surface area contributed by atoms with E-state index in [-0.39, 0.29) is 0 Å². The van der Waals surface area contributed by atoms with Crippen molar-refractivity contribution in [1.82, 2.24) is 0 Å². The van der Waals surface area contributed by atoms with E-state index < -0.39 is 17.1 Å². The Morgan fingerprint density at radius 1 is 1.11 bits per heavy atom. The largest absolute Gasteiger partial charge is 0.458 e. The molecule has 0 radical (unpaired) electrons. The van der Waals surface area contributed by atoms with Crippen LogP contribution in [0, 0.1) is 0 Å². The van der Waals surface area contributed by atoms with Crippen molar-refractivity contribution in [2.75, 3.05) is 19.0 Å². The zero-order valence-electron chi connectivity index (χ0n) is 12.7. The number of hydrogen-bond donors (Lipinski definition) is 1. The van der Waals surface area contributed by atoms with Gasteiger partial charge in [-0.1, -0.05) is 12.1 Å². The smallest absolute Gasteiger partial charge is 0.331 e. The first-order valence-electron chi connectivity index (χ1n) is 6.34. The van der Waals surface area contributed by atoms with Gasteiger partial charge in [-0.15, -0.1) is 0 Å². The molecule has 1 rings (SSSR count). The third kappa shape index (κ3) is 3.96. The van der Waals surface area contributed by atoms with Gasteiger partial charge in [0.2, 0.25) is 0 Å². The van der Waals surface area contributed by atoms with Gasteiger partial charge in [-0.05, 0) is 45.4 Å². The Hall–Kier alpha value is -1.55. The predicted octanol–water partition coefficient (Wildman–Crippen LogP) is 2.27. The van der Waals surface area contributed by atoms with Gasteiger partial charge in [0.25, 0.3) is 0 Å². The topological polar surface area (TPSA) is 55.6 Å². The Balaban J connectivity index is 2.96. The molecule has 0 aliphatic rings. The van der Waals surface area contributed by atoms with Gasteiger partial charge in [0, 0.05) is 19.8 Å². The van der Waals surface area contributed by atoms with Gasteiger partial charge in [-0.25, -0.2) is 4.79 Å². The number of rotatable bonds is 3. The number of carbonyl (C=O) groups is 1. The molecule has 0 heterocycles. The van der Waals surface area contributed by atoms with Crippen LogP contribution in [0.1, 0.15) is 33.3 Å². The van der Waals surface area contributed by atoms with Crippen LogP contribution in [0.2, 0.25) is 0 Å². The average Bonchev–Trinajstić information content (AvgIpc) is 2.26. The second-order valence-corrected chi connectivity index (χ2v) is 6.15. The molecule has 0 fully saturated rings. The van der Waals surface area contributed by atoms with Gasteiger partial charge in [0.15, 0.2) is 0 Å². The number of nitrogens with zero attached hydrogens (tertiary/aromatic N) is 1. The zero-order valence-corrected chi connectivity index (χ0v) is 12.7. The highest BCUT2D eigenvalue weighted by Crippen LogP contribution is 2.24. The number of carbonyl (C=O) groups excluding carboxylic acids is 1. The lowest BCUT2D eigenvalue weighted by Crippen LogP contribution is -2.45. The maximum atomic E-state index is 12.1. The molecule has 19 heavy (non-hydrogen) atoms. The van der Waals surface area contributed by atoms with Crippen LogP contribution in [-0.2, 0) is 15.1 Å². The van der Waals surface area contributed by atoms with Gasteiger partial charge >= 0.3 is 5.97 Å².